The Bertz CT molecular complexity index is 936. The predicted molar refractivity (Wildman–Crippen MR) is 151 cm³/mol. The fourth-order valence-electron chi connectivity index (χ4n) is 7.41. The first-order valence-corrected chi connectivity index (χ1v) is 14.6. The average Bonchev–Trinajstić information content (AvgIpc) is 3.49. The van der Waals surface area contributed by atoms with E-state index in [1.54, 1.807) is 15.9 Å². The minimum absolute atomic E-state index is 0.0465. The fraction of sp³-hybridized carbons (Fsp3) is 0.774. The number of hydrogen-bond donors (Lipinski definition) is 1. The number of carbonyl (C=O) groups excluding carboxylic acids is 3. The first-order chi connectivity index (χ1) is 18.3. The third kappa shape index (κ3) is 5.97. The van der Waals surface area contributed by atoms with Crippen LogP contribution in [0.1, 0.15) is 86.5 Å². The molecule has 3 rings (SSSR count). The lowest BCUT2D eigenvalue weighted by Gasteiger charge is -2.46. The Hall–Kier alpha value is -2.19. The zero-order valence-electron chi connectivity index (χ0n) is 24.9. The lowest BCUT2D eigenvalue weighted by molar-refractivity contribution is -0.158. The van der Waals surface area contributed by atoms with Crippen LogP contribution in [0.3, 0.4) is 0 Å². The molecule has 1 spiro atoms. The van der Waals surface area contributed by atoms with E-state index in [0.717, 1.165) is 25.7 Å². The number of esters is 1. The van der Waals surface area contributed by atoms with Crippen molar-refractivity contribution in [3.8, 4) is 0 Å². The van der Waals surface area contributed by atoms with Crippen LogP contribution in [0.25, 0.3) is 0 Å². The lowest BCUT2D eigenvalue weighted by atomic mass is 9.70. The van der Waals surface area contributed by atoms with Gasteiger partial charge in [0.1, 0.15) is 11.6 Å². The molecule has 8 heteroatoms. The number of hydrogen-bond acceptors (Lipinski definition) is 6. The summed E-state index contributed by atoms with van der Waals surface area (Å²) in [5.74, 6) is -2.50. The van der Waals surface area contributed by atoms with Crippen LogP contribution in [-0.2, 0) is 23.9 Å². The second-order valence-electron chi connectivity index (χ2n) is 13.3. The van der Waals surface area contributed by atoms with Gasteiger partial charge in [-0.2, -0.15) is 0 Å². The number of aliphatic hydroxyl groups excluding tert-OH is 1. The number of ether oxygens (including phenoxy) is 2. The molecule has 0 aliphatic carbocycles. The van der Waals surface area contributed by atoms with Crippen molar-refractivity contribution < 1.29 is 29.0 Å². The van der Waals surface area contributed by atoms with Gasteiger partial charge >= 0.3 is 5.97 Å². The van der Waals surface area contributed by atoms with Gasteiger partial charge in [-0.25, -0.2) is 0 Å². The molecule has 0 aromatic carbocycles. The summed E-state index contributed by atoms with van der Waals surface area (Å²) >= 11 is 0. The van der Waals surface area contributed by atoms with Gasteiger partial charge in [0.25, 0.3) is 0 Å². The molecule has 3 aliphatic heterocycles. The monoisotopic (exact) mass is 546 g/mol. The molecule has 3 fully saturated rings. The van der Waals surface area contributed by atoms with Gasteiger partial charge in [-0.3, -0.25) is 14.4 Å². The van der Waals surface area contributed by atoms with Crippen molar-refractivity contribution in [2.24, 2.45) is 17.3 Å². The largest absolute Gasteiger partial charge is 0.465 e. The second kappa shape index (κ2) is 12.1. The molecule has 1 N–H and O–H groups in total. The van der Waals surface area contributed by atoms with E-state index in [2.05, 4.69) is 33.9 Å². The van der Waals surface area contributed by atoms with E-state index >= 15 is 0 Å². The predicted octanol–water partition coefficient (Wildman–Crippen LogP) is 4.26. The maximum atomic E-state index is 14.6. The highest BCUT2D eigenvalue weighted by atomic mass is 16.6. The van der Waals surface area contributed by atoms with E-state index < -0.39 is 47.1 Å². The van der Waals surface area contributed by atoms with Gasteiger partial charge in [0, 0.05) is 12.1 Å². The normalized spacial score (nSPS) is 28.8. The molecular weight excluding hydrogens is 496 g/mol. The maximum absolute atomic E-state index is 14.6. The Morgan fingerprint density at radius 3 is 2.49 bits per heavy atom. The van der Waals surface area contributed by atoms with Gasteiger partial charge in [-0.15, -0.1) is 13.2 Å². The lowest BCUT2D eigenvalue weighted by Crippen LogP contribution is -2.62. The summed E-state index contributed by atoms with van der Waals surface area (Å²) in [6.07, 6.45) is 7.83. The van der Waals surface area contributed by atoms with Crippen molar-refractivity contribution >= 4 is 17.8 Å². The highest BCUT2D eigenvalue weighted by Crippen LogP contribution is 2.59. The summed E-state index contributed by atoms with van der Waals surface area (Å²) in [6, 6.07) is -1.48. The third-order valence-electron chi connectivity index (χ3n) is 8.64. The minimum atomic E-state index is -1.12. The topological polar surface area (TPSA) is 96.4 Å². The molecule has 0 saturated carbocycles. The molecule has 39 heavy (non-hydrogen) atoms. The molecule has 6 atom stereocenters. The highest BCUT2D eigenvalue weighted by molar-refractivity contribution is 5.98. The van der Waals surface area contributed by atoms with Crippen molar-refractivity contribution in [1.82, 2.24) is 9.80 Å². The molecule has 0 radical (unpaired) electrons. The average molecular weight is 547 g/mol. The van der Waals surface area contributed by atoms with Gasteiger partial charge < -0.3 is 24.4 Å². The van der Waals surface area contributed by atoms with Gasteiger partial charge in [-0.1, -0.05) is 39.8 Å². The smallest absolute Gasteiger partial charge is 0.312 e. The molecule has 0 aromatic rings. The van der Waals surface area contributed by atoms with Crippen LogP contribution in [0.4, 0.5) is 0 Å². The standard InChI is InChI=1S/C31H50N2O6/c1-9-12-13-14-18-38-28(37)23-22-15-16-31(39-22)24(23)26(35)33(21(11-3)19-34)25(31)27(36)32(17-10-2)30(7,8)20-29(4,5)6/h9-10,21-25,34H,1-2,11-20H2,3-8H3/t21-,22+,23-,24-,25?,31?/m0/s1. The van der Waals surface area contributed by atoms with Crippen LogP contribution in [-0.4, -0.2) is 81.8 Å². The summed E-state index contributed by atoms with van der Waals surface area (Å²) in [5, 5.41) is 10.3. The van der Waals surface area contributed by atoms with Gasteiger partial charge in [0.15, 0.2) is 0 Å². The molecular formula is C31H50N2O6. The Morgan fingerprint density at radius 1 is 1.23 bits per heavy atom. The zero-order valence-corrected chi connectivity index (χ0v) is 24.9. The Balaban J connectivity index is 2.00. The Morgan fingerprint density at radius 2 is 1.92 bits per heavy atom. The van der Waals surface area contributed by atoms with Crippen LogP contribution < -0.4 is 0 Å². The fourth-order valence-corrected chi connectivity index (χ4v) is 7.41. The molecule has 8 nitrogen and oxygen atoms in total. The molecule has 2 unspecified atom stereocenters. The molecule has 3 aliphatic rings. The van der Waals surface area contributed by atoms with E-state index in [1.165, 1.54) is 0 Å². The summed E-state index contributed by atoms with van der Waals surface area (Å²) in [7, 11) is 0. The number of allylic oxidation sites excluding steroid dienone is 1. The molecule has 3 heterocycles. The number of fused-ring (bicyclic) bond motifs is 1. The molecule has 2 amide bonds. The number of likely N-dealkylation sites (tertiary alicyclic amines) is 1. The number of nitrogens with zero attached hydrogens (tertiary/aromatic N) is 2. The van der Waals surface area contributed by atoms with Crippen LogP contribution >= 0.6 is 0 Å². The van der Waals surface area contributed by atoms with Crippen LogP contribution in [0.5, 0.6) is 0 Å². The van der Waals surface area contributed by atoms with E-state index in [9.17, 15) is 19.5 Å². The molecule has 0 aromatic heterocycles. The number of unbranched alkanes of at least 4 members (excludes halogenated alkanes) is 2. The Kier molecular flexibility index (Phi) is 9.75. The quantitative estimate of drug-likeness (QED) is 0.199. The molecule has 3 saturated heterocycles. The van der Waals surface area contributed by atoms with E-state index in [4.69, 9.17) is 9.47 Å². The van der Waals surface area contributed by atoms with Crippen molar-refractivity contribution in [3.05, 3.63) is 25.3 Å². The number of carbonyl (C=O) groups is 3. The number of amides is 2. The number of aliphatic hydroxyl groups is 1. The second-order valence-corrected chi connectivity index (χ2v) is 13.3. The Labute approximate surface area is 234 Å². The zero-order chi connectivity index (χ0) is 29.2. The van der Waals surface area contributed by atoms with Crippen molar-refractivity contribution in [2.45, 2.75) is 116 Å². The van der Waals surface area contributed by atoms with Crippen molar-refractivity contribution in [1.29, 1.82) is 0 Å². The first-order valence-electron chi connectivity index (χ1n) is 14.6. The first kappa shape index (κ1) is 31.3. The SMILES string of the molecule is C=CCCCCOC(=O)[C@@H]1[C@H]2C(=O)N([C@@H](CC)CO)C(C(=O)N(CC=C)C(C)(C)CC(C)(C)C)C23CC[C@H]1O3. The maximum Gasteiger partial charge on any atom is 0.312 e. The van der Waals surface area contributed by atoms with Gasteiger partial charge in [-0.05, 0) is 64.2 Å². The van der Waals surface area contributed by atoms with E-state index in [0.29, 0.717) is 25.8 Å². The van der Waals surface area contributed by atoms with E-state index in [1.807, 2.05) is 26.8 Å². The van der Waals surface area contributed by atoms with Gasteiger partial charge in [0.2, 0.25) is 11.8 Å². The number of rotatable bonds is 14. The van der Waals surface area contributed by atoms with Crippen LogP contribution in [0.15, 0.2) is 25.3 Å². The molecule has 2 bridgehead atoms. The third-order valence-corrected chi connectivity index (χ3v) is 8.64. The van der Waals surface area contributed by atoms with E-state index in [-0.39, 0.29) is 30.4 Å². The summed E-state index contributed by atoms with van der Waals surface area (Å²) < 4.78 is 12.2. The minimum Gasteiger partial charge on any atom is -0.465 e. The van der Waals surface area contributed by atoms with Crippen LogP contribution in [0, 0.1) is 17.3 Å². The van der Waals surface area contributed by atoms with Crippen molar-refractivity contribution in [2.75, 3.05) is 19.8 Å². The summed E-state index contributed by atoms with van der Waals surface area (Å²) in [6.45, 7) is 20.3. The highest BCUT2D eigenvalue weighted by Gasteiger charge is 2.75. The summed E-state index contributed by atoms with van der Waals surface area (Å²) in [5.41, 5.74) is -1.70. The van der Waals surface area contributed by atoms with Crippen LogP contribution in [0.2, 0.25) is 0 Å². The van der Waals surface area contributed by atoms with Gasteiger partial charge in [0.05, 0.1) is 37.2 Å². The van der Waals surface area contributed by atoms with Crippen molar-refractivity contribution in [3.63, 3.8) is 0 Å². The summed E-state index contributed by atoms with van der Waals surface area (Å²) in [4.78, 5) is 45.5. The molecule has 220 valence electrons.